The van der Waals surface area contributed by atoms with Gasteiger partial charge in [0.05, 0.1) is 23.8 Å². The van der Waals surface area contributed by atoms with Gasteiger partial charge in [-0.05, 0) is 42.8 Å². The molecule has 1 N–H and O–H groups in total. The molecule has 0 unspecified atom stereocenters. The lowest BCUT2D eigenvalue weighted by molar-refractivity contribution is 0.385. The van der Waals surface area contributed by atoms with Crippen molar-refractivity contribution >= 4 is 11.0 Å². The van der Waals surface area contributed by atoms with Gasteiger partial charge in [0.15, 0.2) is 5.82 Å². The Balaban J connectivity index is 1.23. The number of rotatable bonds is 6. The Hall–Kier alpha value is -4.92. The highest BCUT2D eigenvalue weighted by atomic mass is 16.5. The number of para-hydroxylation sites is 2. The maximum absolute atomic E-state index is 12.8. The van der Waals surface area contributed by atoms with Crippen molar-refractivity contribution in [2.45, 2.75) is 19.9 Å². The van der Waals surface area contributed by atoms with Crippen molar-refractivity contribution in [1.29, 1.82) is 0 Å². The van der Waals surface area contributed by atoms with Gasteiger partial charge in [0.1, 0.15) is 5.69 Å². The molecule has 0 spiro atoms. The summed E-state index contributed by atoms with van der Waals surface area (Å²) in [6, 6.07) is 21.5. The summed E-state index contributed by atoms with van der Waals surface area (Å²) in [5.41, 5.74) is 5.38. The third-order valence-corrected chi connectivity index (χ3v) is 5.99. The van der Waals surface area contributed by atoms with Gasteiger partial charge in [0.25, 0.3) is 5.56 Å². The van der Waals surface area contributed by atoms with Crippen LogP contribution in [0.4, 0.5) is 0 Å². The quantitative estimate of drug-likeness (QED) is 0.384. The maximum atomic E-state index is 12.8. The number of pyridine rings is 1. The third-order valence-electron chi connectivity index (χ3n) is 5.99. The molecule has 2 aromatic carbocycles. The lowest BCUT2D eigenvalue weighted by Gasteiger charge is -2.06. The molecule has 0 aliphatic heterocycles. The molecule has 36 heavy (non-hydrogen) atoms. The zero-order valence-electron chi connectivity index (χ0n) is 19.4. The number of aromatic amines is 1. The average Bonchev–Trinajstić information content (AvgIpc) is 3.54. The van der Waals surface area contributed by atoms with Gasteiger partial charge in [-0.2, -0.15) is 4.98 Å². The van der Waals surface area contributed by atoms with E-state index >= 15 is 0 Å². The molecule has 4 aromatic heterocycles. The van der Waals surface area contributed by atoms with Crippen LogP contribution in [-0.2, 0) is 13.0 Å². The second-order valence-corrected chi connectivity index (χ2v) is 8.44. The van der Waals surface area contributed by atoms with Crippen LogP contribution in [-0.4, -0.2) is 34.6 Å². The first kappa shape index (κ1) is 21.6. The summed E-state index contributed by atoms with van der Waals surface area (Å²) in [5, 5.41) is 4.15. The standard InChI is InChI=1S/C27H21N7O2/c1-17-20(27(35)32-26(30-17)22-10-4-5-12-28-22)14-24-31-25(33-36-24)19-8-6-7-18(13-19)15-34-16-29-21-9-2-3-11-23(21)34/h2-13,16H,14-15H2,1H3,(H,30,32,35). The van der Waals surface area contributed by atoms with Crippen LogP contribution in [0.15, 0.2) is 88.6 Å². The molecule has 9 heteroatoms. The molecule has 0 radical (unpaired) electrons. The van der Waals surface area contributed by atoms with Crippen molar-refractivity contribution in [2.75, 3.05) is 0 Å². The first-order valence-corrected chi connectivity index (χ1v) is 11.5. The molecular formula is C27H21N7O2. The van der Waals surface area contributed by atoms with Gasteiger partial charge in [0, 0.05) is 29.6 Å². The van der Waals surface area contributed by atoms with E-state index in [1.54, 1.807) is 19.2 Å². The highest BCUT2D eigenvalue weighted by Crippen LogP contribution is 2.21. The number of fused-ring (bicyclic) bond motifs is 1. The zero-order valence-corrected chi connectivity index (χ0v) is 19.4. The number of imidazole rings is 1. The van der Waals surface area contributed by atoms with Crippen molar-refractivity contribution in [1.82, 2.24) is 34.6 Å². The van der Waals surface area contributed by atoms with Crippen LogP contribution in [0, 0.1) is 6.92 Å². The van der Waals surface area contributed by atoms with Crippen LogP contribution in [0.5, 0.6) is 0 Å². The first-order chi connectivity index (χ1) is 17.6. The largest absolute Gasteiger partial charge is 0.339 e. The van der Waals surface area contributed by atoms with E-state index in [0.717, 1.165) is 22.2 Å². The van der Waals surface area contributed by atoms with Gasteiger partial charge in [0.2, 0.25) is 11.7 Å². The molecule has 0 aliphatic rings. The van der Waals surface area contributed by atoms with E-state index < -0.39 is 0 Å². The van der Waals surface area contributed by atoms with Crippen molar-refractivity contribution in [3.05, 3.63) is 112 Å². The lowest BCUT2D eigenvalue weighted by Crippen LogP contribution is -2.18. The molecule has 0 saturated heterocycles. The van der Waals surface area contributed by atoms with Gasteiger partial charge >= 0.3 is 0 Å². The highest BCUT2D eigenvalue weighted by Gasteiger charge is 2.16. The van der Waals surface area contributed by atoms with Crippen LogP contribution < -0.4 is 5.56 Å². The Morgan fingerprint density at radius 2 is 1.86 bits per heavy atom. The van der Waals surface area contributed by atoms with Crippen LogP contribution in [0.1, 0.15) is 22.7 Å². The number of aryl methyl sites for hydroxylation is 1. The Labute approximate surface area is 205 Å². The van der Waals surface area contributed by atoms with Crippen molar-refractivity contribution in [2.24, 2.45) is 0 Å². The van der Waals surface area contributed by atoms with E-state index in [9.17, 15) is 4.79 Å². The van der Waals surface area contributed by atoms with Crippen LogP contribution in [0.3, 0.4) is 0 Å². The van der Waals surface area contributed by atoms with Gasteiger partial charge in [-0.25, -0.2) is 9.97 Å². The molecule has 0 saturated carbocycles. The van der Waals surface area contributed by atoms with E-state index in [4.69, 9.17) is 4.52 Å². The van der Waals surface area contributed by atoms with Gasteiger partial charge < -0.3 is 14.1 Å². The molecule has 6 rings (SSSR count). The molecule has 0 atom stereocenters. The number of nitrogens with one attached hydrogen (secondary N) is 1. The summed E-state index contributed by atoms with van der Waals surface area (Å²) in [6.07, 6.45) is 3.69. The molecule has 176 valence electrons. The molecular weight excluding hydrogens is 454 g/mol. The van der Waals surface area contributed by atoms with E-state index in [1.165, 1.54) is 0 Å². The smallest absolute Gasteiger partial charge is 0.255 e. The predicted octanol–water partition coefficient (Wildman–Crippen LogP) is 4.18. The summed E-state index contributed by atoms with van der Waals surface area (Å²) >= 11 is 0. The Morgan fingerprint density at radius 1 is 0.972 bits per heavy atom. The number of aromatic nitrogens is 7. The fourth-order valence-electron chi connectivity index (χ4n) is 4.18. The van der Waals surface area contributed by atoms with Crippen LogP contribution >= 0.6 is 0 Å². The van der Waals surface area contributed by atoms with Gasteiger partial charge in [-0.15, -0.1) is 0 Å². The van der Waals surface area contributed by atoms with E-state index in [0.29, 0.717) is 41.0 Å². The highest BCUT2D eigenvalue weighted by molar-refractivity contribution is 5.75. The molecule has 0 aliphatic carbocycles. The van der Waals surface area contributed by atoms with E-state index in [-0.39, 0.29) is 12.0 Å². The summed E-state index contributed by atoms with van der Waals surface area (Å²) in [7, 11) is 0. The number of benzene rings is 2. The first-order valence-electron chi connectivity index (χ1n) is 11.5. The van der Waals surface area contributed by atoms with E-state index in [2.05, 4.69) is 46.8 Å². The summed E-state index contributed by atoms with van der Waals surface area (Å²) in [5.74, 6) is 1.24. The summed E-state index contributed by atoms with van der Waals surface area (Å²) in [4.78, 5) is 33.4. The molecule has 0 bridgehead atoms. The van der Waals surface area contributed by atoms with Crippen LogP contribution in [0.25, 0.3) is 33.9 Å². The average molecular weight is 476 g/mol. The van der Waals surface area contributed by atoms with Gasteiger partial charge in [-0.3, -0.25) is 9.78 Å². The SMILES string of the molecule is Cc1nc(-c2ccccn2)[nH]c(=O)c1Cc1nc(-c2cccc(Cn3cnc4ccccc43)c2)no1. The third kappa shape index (κ3) is 4.18. The van der Waals surface area contributed by atoms with Crippen LogP contribution in [0.2, 0.25) is 0 Å². The lowest BCUT2D eigenvalue weighted by atomic mass is 10.1. The number of hydrogen-bond donors (Lipinski definition) is 1. The fraction of sp³-hybridized carbons (Fsp3) is 0.111. The van der Waals surface area contributed by atoms with Crippen molar-refractivity contribution in [3.8, 4) is 22.9 Å². The fourth-order valence-corrected chi connectivity index (χ4v) is 4.18. The van der Waals surface area contributed by atoms with E-state index in [1.807, 2.05) is 54.9 Å². The topological polar surface area (TPSA) is 115 Å². The van der Waals surface area contributed by atoms with Crippen molar-refractivity contribution < 1.29 is 4.52 Å². The number of H-pyrrole nitrogens is 1. The second kappa shape index (κ2) is 9.03. The molecule has 0 fully saturated rings. The Bertz CT molecular complexity index is 1730. The monoisotopic (exact) mass is 475 g/mol. The normalized spacial score (nSPS) is 11.2. The number of nitrogens with zero attached hydrogens (tertiary/aromatic N) is 6. The minimum Gasteiger partial charge on any atom is -0.339 e. The minimum absolute atomic E-state index is 0.185. The van der Waals surface area contributed by atoms with Crippen molar-refractivity contribution in [3.63, 3.8) is 0 Å². The van der Waals surface area contributed by atoms with Gasteiger partial charge in [-0.1, -0.05) is 41.6 Å². The zero-order chi connectivity index (χ0) is 24.5. The summed E-state index contributed by atoms with van der Waals surface area (Å²) in [6.45, 7) is 2.46. The predicted molar refractivity (Wildman–Crippen MR) is 134 cm³/mol. The molecule has 9 nitrogen and oxygen atoms in total. The Morgan fingerprint density at radius 3 is 2.72 bits per heavy atom. The Kier molecular flexibility index (Phi) is 5.42. The molecule has 0 amide bonds. The minimum atomic E-state index is -0.252. The second-order valence-electron chi connectivity index (χ2n) is 8.44. The molecule has 6 aromatic rings. The maximum Gasteiger partial charge on any atom is 0.255 e. The summed E-state index contributed by atoms with van der Waals surface area (Å²) < 4.78 is 7.59. The molecule has 4 heterocycles. The number of hydrogen-bond acceptors (Lipinski definition) is 7.